The number of H-pyrrole nitrogens is 1. The fourth-order valence-electron chi connectivity index (χ4n) is 2.93. The predicted octanol–water partition coefficient (Wildman–Crippen LogP) is 5.18. The Morgan fingerprint density at radius 1 is 1.03 bits per heavy atom. The number of carbonyl (C=O) groups excluding carboxylic acids is 2. The van der Waals surface area contributed by atoms with E-state index in [0.717, 1.165) is 26.9 Å². The summed E-state index contributed by atoms with van der Waals surface area (Å²) >= 11 is 3.34. The number of aromatic amines is 1. The van der Waals surface area contributed by atoms with Crippen LogP contribution in [0.1, 0.15) is 17.3 Å². The summed E-state index contributed by atoms with van der Waals surface area (Å²) in [5.74, 6) is -0.260. The first-order valence-corrected chi connectivity index (χ1v) is 10.1. The highest BCUT2D eigenvalue weighted by molar-refractivity contribution is 9.10. The molecule has 6 nitrogen and oxygen atoms in total. The van der Waals surface area contributed by atoms with Crippen LogP contribution in [0.25, 0.3) is 22.4 Å². The smallest absolute Gasteiger partial charge is 0.338 e. The summed E-state index contributed by atoms with van der Waals surface area (Å²) in [7, 11) is 0. The van der Waals surface area contributed by atoms with Crippen LogP contribution < -0.4 is 5.32 Å². The van der Waals surface area contributed by atoms with Gasteiger partial charge in [0.25, 0.3) is 5.91 Å². The number of carbonyl (C=O) groups is 2. The lowest BCUT2D eigenvalue weighted by Crippen LogP contribution is -2.30. The summed E-state index contributed by atoms with van der Waals surface area (Å²) in [5, 5.41) is 2.72. The summed E-state index contributed by atoms with van der Waals surface area (Å²) in [6.45, 7) is 1.54. The number of nitrogens with one attached hydrogen (secondary N) is 2. The van der Waals surface area contributed by atoms with Gasteiger partial charge >= 0.3 is 5.97 Å². The summed E-state index contributed by atoms with van der Waals surface area (Å²) < 4.78 is 6.25. The molecule has 4 aromatic rings. The minimum atomic E-state index is -0.946. The van der Waals surface area contributed by atoms with Gasteiger partial charge in [-0.25, -0.2) is 9.78 Å². The number of hydrogen-bond acceptors (Lipinski definition) is 4. The van der Waals surface area contributed by atoms with E-state index >= 15 is 0 Å². The van der Waals surface area contributed by atoms with E-state index in [1.165, 1.54) is 6.92 Å². The molecule has 1 atom stereocenters. The van der Waals surface area contributed by atoms with Gasteiger partial charge < -0.3 is 15.0 Å². The number of hydrogen-bond donors (Lipinski definition) is 2. The van der Waals surface area contributed by atoms with Crippen LogP contribution in [0.3, 0.4) is 0 Å². The van der Waals surface area contributed by atoms with Gasteiger partial charge in [-0.1, -0.05) is 46.3 Å². The molecular formula is C23H18BrN3O3. The molecule has 0 fully saturated rings. The van der Waals surface area contributed by atoms with Crippen molar-refractivity contribution in [3.05, 3.63) is 82.8 Å². The molecule has 1 heterocycles. The van der Waals surface area contributed by atoms with Crippen molar-refractivity contribution >= 4 is 44.5 Å². The highest BCUT2D eigenvalue weighted by Gasteiger charge is 2.20. The highest BCUT2D eigenvalue weighted by atomic mass is 79.9. The Bertz CT molecular complexity index is 1200. The largest absolute Gasteiger partial charge is 0.449 e. The average molecular weight is 464 g/mol. The monoisotopic (exact) mass is 463 g/mol. The molecule has 2 N–H and O–H groups in total. The average Bonchev–Trinajstić information content (AvgIpc) is 3.19. The molecule has 30 heavy (non-hydrogen) atoms. The van der Waals surface area contributed by atoms with Crippen LogP contribution in [0.4, 0.5) is 5.69 Å². The maximum absolute atomic E-state index is 12.5. The molecule has 1 aromatic heterocycles. The van der Waals surface area contributed by atoms with Crippen molar-refractivity contribution in [1.29, 1.82) is 0 Å². The Balaban J connectivity index is 1.45. The van der Waals surface area contributed by atoms with Gasteiger partial charge in [0, 0.05) is 15.7 Å². The molecule has 1 unspecified atom stereocenters. The Hall–Kier alpha value is -3.45. The Morgan fingerprint density at radius 2 is 1.77 bits per heavy atom. The maximum atomic E-state index is 12.5. The van der Waals surface area contributed by atoms with Crippen molar-refractivity contribution in [2.75, 3.05) is 5.32 Å². The third kappa shape index (κ3) is 4.41. The number of nitrogens with zero attached hydrogens (tertiary/aromatic N) is 1. The van der Waals surface area contributed by atoms with E-state index in [1.54, 1.807) is 30.3 Å². The summed E-state index contributed by atoms with van der Waals surface area (Å²) in [4.78, 5) is 32.6. The summed E-state index contributed by atoms with van der Waals surface area (Å²) in [6, 6.07) is 21.9. The van der Waals surface area contributed by atoms with Crippen molar-refractivity contribution in [3.8, 4) is 11.4 Å². The second-order valence-electron chi connectivity index (χ2n) is 6.73. The zero-order chi connectivity index (χ0) is 21.1. The van der Waals surface area contributed by atoms with Crippen molar-refractivity contribution < 1.29 is 14.3 Å². The van der Waals surface area contributed by atoms with Gasteiger partial charge in [-0.05, 0) is 49.4 Å². The van der Waals surface area contributed by atoms with Crippen LogP contribution >= 0.6 is 15.9 Å². The molecule has 7 heteroatoms. The van der Waals surface area contributed by atoms with Crippen LogP contribution in [0, 0.1) is 0 Å². The molecule has 1 amide bonds. The first-order valence-electron chi connectivity index (χ1n) is 9.32. The second kappa shape index (κ2) is 8.51. The minimum Gasteiger partial charge on any atom is -0.449 e. The number of esters is 1. The number of aromatic nitrogens is 2. The lowest BCUT2D eigenvalue weighted by molar-refractivity contribution is -0.123. The van der Waals surface area contributed by atoms with Crippen LogP contribution in [0.2, 0.25) is 0 Å². The van der Waals surface area contributed by atoms with E-state index in [1.807, 2.05) is 42.5 Å². The molecular weight excluding hydrogens is 446 g/mol. The number of ether oxygens (including phenoxy) is 1. The number of fused-ring (bicyclic) bond motifs is 1. The highest BCUT2D eigenvalue weighted by Crippen LogP contribution is 2.22. The molecule has 0 aliphatic heterocycles. The van der Waals surface area contributed by atoms with E-state index in [0.29, 0.717) is 11.3 Å². The maximum Gasteiger partial charge on any atom is 0.338 e. The second-order valence-corrected chi connectivity index (χ2v) is 7.64. The Morgan fingerprint density at radius 3 is 2.50 bits per heavy atom. The van der Waals surface area contributed by atoms with Crippen molar-refractivity contribution in [2.24, 2.45) is 0 Å². The first kappa shape index (κ1) is 19.8. The van der Waals surface area contributed by atoms with Gasteiger partial charge in [-0.15, -0.1) is 0 Å². The number of imidazole rings is 1. The molecule has 0 radical (unpaired) electrons. The van der Waals surface area contributed by atoms with E-state index in [-0.39, 0.29) is 0 Å². The Kier molecular flexibility index (Phi) is 5.63. The third-order valence-corrected chi connectivity index (χ3v) is 5.06. The van der Waals surface area contributed by atoms with E-state index in [9.17, 15) is 9.59 Å². The number of anilines is 1. The fraction of sp³-hybridized carbons (Fsp3) is 0.0870. The van der Waals surface area contributed by atoms with Gasteiger partial charge in [0.05, 0.1) is 16.6 Å². The third-order valence-electron chi connectivity index (χ3n) is 4.53. The van der Waals surface area contributed by atoms with Gasteiger partial charge in [0.2, 0.25) is 0 Å². The van der Waals surface area contributed by atoms with Gasteiger partial charge in [0.1, 0.15) is 5.82 Å². The van der Waals surface area contributed by atoms with Crippen LogP contribution in [-0.4, -0.2) is 27.9 Å². The molecule has 0 spiro atoms. The van der Waals surface area contributed by atoms with Crippen molar-refractivity contribution in [1.82, 2.24) is 9.97 Å². The Labute approximate surface area is 181 Å². The van der Waals surface area contributed by atoms with Gasteiger partial charge in [-0.2, -0.15) is 0 Å². The SMILES string of the molecule is CC(OC(=O)c1ccc2nc(-c3ccccc3)[nH]c2c1)C(=O)Nc1ccc(Br)cc1. The number of halogens is 1. The normalized spacial score (nSPS) is 11.8. The van der Waals surface area contributed by atoms with Crippen molar-refractivity contribution in [2.45, 2.75) is 13.0 Å². The zero-order valence-corrected chi connectivity index (χ0v) is 17.6. The molecule has 0 aliphatic carbocycles. The zero-order valence-electron chi connectivity index (χ0n) is 16.1. The predicted molar refractivity (Wildman–Crippen MR) is 119 cm³/mol. The van der Waals surface area contributed by atoms with Gasteiger partial charge in [0.15, 0.2) is 6.10 Å². The standard InChI is InChI=1S/C23H18BrN3O3/c1-14(22(28)25-18-10-8-17(24)9-11-18)30-23(29)16-7-12-19-20(13-16)27-21(26-19)15-5-3-2-4-6-15/h2-14H,1H3,(H,25,28)(H,26,27). The van der Waals surface area contributed by atoms with E-state index < -0.39 is 18.0 Å². The summed E-state index contributed by atoms with van der Waals surface area (Å²) in [6.07, 6.45) is -0.946. The quantitative estimate of drug-likeness (QED) is 0.399. The number of rotatable bonds is 5. The molecule has 150 valence electrons. The first-order chi connectivity index (χ1) is 14.5. The summed E-state index contributed by atoms with van der Waals surface area (Å²) in [5.41, 5.74) is 3.38. The molecule has 0 saturated carbocycles. The van der Waals surface area contributed by atoms with Crippen LogP contribution in [-0.2, 0) is 9.53 Å². The van der Waals surface area contributed by atoms with Crippen LogP contribution in [0.5, 0.6) is 0 Å². The van der Waals surface area contributed by atoms with E-state index in [2.05, 4.69) is 31.2 Å². The van der Waals surface area contributed by atoms with E-state index in [4.69, 9.17) is 4.74 Å². The number of benzene rings is 3. The fourth-order valence-corrected chi connectivity index (χ4v) is 3.19. The number of amides is 1. The van der Waals surface area contributed by atoms with Gasteiger partial charge in [-0.3, -0.25) is 4.79 Å². The molecule has 0 saturated heterocycles. The lowest BCUT2D eigenvalue weighted by Gasteiger charge is -2.13. The molecule has 0 bridgehead atoms. The molecule has 4 rings (SSSR count). The van der Waals surface area contributed by atoms with Crippen LogP contribution in [0.15, 0.2) is 77.3 Å². The lowest BCUT2D eigenvalue weighted by atomic mass is 10.2. The van der Waals surface area contributed by atoms with Crippen molar-refractivity contribution in [3.63, 3.8) is 0 Å². The molecule has 0 aliphatic rings. The molecule has 3 aromatic carbocycles. The minimum absolute atomic E-state index is 0.342. The topological polar surface area (TPSA) is 84.1 Å².